The molecule has 0 aromatic carbocycles. The Bertz CT molecular complexity index is 3370. The zero-order valence-electron chi connectivity index (χ0n) is 68.9. The highest BCUT2D eigenvalue weighted by Crippen LogP contribution is 2.63. The minimum absolute atomic E-state index is 0.0293. The number of hydrogen-bond donors (Lipinski definition) is 5. The number of hydrogen-bond acceptors (Lipinski definition) is 14. The molecular weight excluding hydrogens is 1600 g/mol. The Morgan fingerprint density at radius 3 is 0.983 bits per heavy atom. The van der Waals surface area contributed by atoms with Gasteiger partial charge in [-0.2, -0.15) is 79.0 Å². The van der Waals surface area contributed by atoms with E-state index in [0.717, 1.165) is 130 Å². The number of fused-ring (bicyclic) bond motifs is 6. The molecule has 11 rings (SSSR count). The molecule has 11 aliphatic rings. The van der Waals surface area contributed by atoms with Crippen LogP contribution < -0.4 is 0 Å². The smallest absolute Gasteiger partial charge is 0.426 e. The number of aliphatic hydroxyl groups is 5. The van der Waals surface area contributed by atoms with Crippen molar-refractivity contribution < 1.29 is 147 Å². The van der Waals surface area contributed by atoms with Crippen molar-refractivity contribution >= 4 is 23.9 Å². The Balaban J connectivity index is 0.000000204. The second-order valence-corrected chi connectivity index (χ2v) is 36.6. The fourth-order valence-electron chi connectivity index (χ4n) is 22.8. The predicted molar refractivity (Wildman–Crippen MR) is 400 cm³/mol. The average Bonchev–Trinajstić information content (AvgIpc) is 0.843. The summed E-state index contributed by atoms with van der Waals surface area (Å²) in [6.07, 6.45) is -11.9. The van der Waals surface area contributed by atoms with Crippen LogP contribution in [0.15, 0.2) is 61.4 Å². The molecule has 14 nitrogen and oxygen atoms in total. The summed E-state index contributed by atoms with van der Waals surface area (Å²) in [7, 11) is 0. The first kappa shape index (κ1) is 100. The van der Waals surface area contributed by atoms with E-state index in [1.165, 1.54) is 13.2 Å². The Kier molecular flexibility index (Phi) is 33.1. The largest absolute Gasteiger partial charge is 0.498 e. The van der Waals surface area contributed by atoms with Gasteiger partial charge >= 0.3 is 60.9 Å². The van der Waals surface area contributed by atoms with Crippen LogP contribution in [-0.2, 0) is 42.9 Å². The summed E-state index contributed by atoms with van der Waals surface area (Å²) in [4.78, 5) is 47.1. The second kappa shape index (κ2) is 39.0. The summed E-state index contributed by atoms with van der Waals surface area (Å²) in [6.45, 7) is 27.3. The molecule has 32 heteroatoms. The van der Waals surface area contributed by atoms with Crippen molar-refractivity contribution in [3.63, 3.8) is 0 Å². The highest BCUT2D eigenvalue weighted by molar-refractivity contribution is 5.88. The van der Waals surface area contributed by atoms with Crippen LogP contribution in [0.4, 0.5) is 79.0 Å². The van der Waals surface area contributed by atoms with Crippen LogP contribution in [0.3, 0.4) is 0 Å². The Labute approximate surface area is 680 Å². The lowest BCUT2D eigenvalue weighted by Gasteiger charge is -2.58. The van der Waals surface area contributed by atoms with Gasteiger partial charge in [-0.25, -0.2) is 19.2 Å². The van der Waals surface area contributed by atoms with E-state index in [1.807, 2.05) is 0 Å². The predicted octanol–water partition coefficient (Wildman–Crippen LogP) is 21.2. The van der Waals surface area contributed by atoms with Gasteiger partial charge in [-0.15, -0.1) is 0 Å². The van der Waals surface area contributed by atoms with Gasteiger partial charge in [0.15, 0.2) is 22.4 Å². The van der Waals surface area contributed by atoms with Crippen LogP contribution in [0.5, 0.6) is 0 Å². The van der Waals surface area contributed by atoms with Gasteiger partial charge in [-0.3, -0.25) is 0 Å². The maximum absolute atomic E-state index is 13.8. The maximum atomic E-state index is 13.8. The fraction of sp³-hybridized carbons (Fsp3) is 0.837. The zero-order chi connectivity index (χ0) is 89.0. The van der Waals surface area contributed by atoms with Crippen molar-refractivity contribution in [2.24, 2.45) is 101 Å². The number of halogens is 18. The number of rotatable bonds is 15. The number of esters is 4. The molecule has 5 N–H and O–H groups in total. The molecule has 11 fully saturated rings. The molecule has 0 amide bonds. The standard InChI is InChI=1S/C21H31F3O3.C19H29F3O2.C17H25F3O3.C16H23F3O3.C13H16F6O3/c1-12(2)19(25)27-18-15-10-6-4-8-13(15)17(20(3,26)21(22,23)24)14-9-5-7-11-16(14)18;1-3-24-17-14-10-6-4-8-12(14)16(18(2,23)19(20,21)22)13-9-5-7-11-15(13)17;1-10(2)15(21)23-14-9-5-6-11-12(14)7-4-8-13(11)16(3,22)17(18,19)20;1-9(2)14(20)22-13-7-4-10-8-11(5-6-12(10)13)15(3,21)16(17,18)19;1-7(2)10(20)22-9-6-4-3-5-8(9)11(21,12(14,15)16)13(17,18)19/h13-18,26H,1,4-11H2,2-3H3;3,12-17,23H,1,4-11H2,2H3;11-14,22H,1,4-9H2,2-3H3;10-13,21H,1,4-8H2,2-3H3;8-9,21H,1,3-6H2,2H3. The first-order valence-electron chi connectivity index (χ1n) is 42.0. The van der Waals surface area contributed by atoms with Crippen LogP contribution in [0.1, 0.15) is 254 Å². The van der Waals surface area contributed by atoms with Gasteiger partial charge in [0.2, 0.25) is 0 Å². The molecule has 22 atom stereocenters. The van der Waals surface area contributed by atoms with Crippen LogP contribution in [0.2, 0.25) is 0 Å². The van der Waals surface area contributed by atoms with Crippen LogP contribution >= 0.6 is 0 Å². The summed E-state index contributed by atoms with van der Waals surface area (Å²) in [5, 5.41) is 50.7. The first-order chi connectivity index (χ1) is 54.3. The SMILES string of the molecule is C=C(C)C(=O)OC1C2CCCCC2C(C(C)(O)C(F)(F)F)C2CCCCC21.C=C(C)C(=O)OC1CCC2CC(C(C)(O)C(F)(F)F)CCC21.C=C(C)C(=O)OC1CCCC2C1CCCC2C(C)(O)C(F)(F)F.C=C(C)C(=O)OC1CCCCC1C(O)(C(F)(F)F)C(F)(F)F.C=COC1C2CCCCC2C(C(C)(O)C(F)(F)F)C2CCCCC21. The minimum atomic E-state index is -5.93. The number of carbonyl (C=O) groups is 4. The van der Waals surface area contributed by atoms with Crippen molar-refractivity contribution in [1.29, 1.82) is 0 Å². The number of ether oxygens (including phenoxy) is 5. The summed E-state index contributed by atoms with van der Waals surface area (Å²) in [5.41, 5.74) is -14.8. The van der Waals surface area contributed by atoms with Gasteiger partial charge < -0.3 is 49.2 Å². The first-order valence-corrected chi connectivity index (χ1v) is 42.0. The van der Waals surface area contributed by atoms with Crippen molar-refractivity contribution in [3.8, 4) is 0 Å². The van der Waals surface area contributed by atoms with Crippen LogP contribution in [0, 0.1) is 101 Å². The fourth-order valence-corrected chi connectivity index (χ4v) is 22.8. The van der Waals surface area contributed by atoms with E-state index in [9.17, 15) is 124 Å². The molecule has 0 bridgehead atoms. The Morgan fingerprint density at radius 2 is 0.610 bits per heavy atom. The quantitative estimate of drug-likeness (QED) is 0.0339. The third-order valence-corrected chi connectivity index (χ3v) is 28.9. The Morgan fingerprint density at radius 1 is 0.305 bits per heavy atom. The molecule has 118 heavy (non-hydrogen) atoms. The molecule has 11 saturated carbocycles. The molecular formula is C86H124F18O14. The summed E-state index contributed by atoms with van der Waals surface area (Å²) in [5.74, 6) is -8.88. The molecule has 22 unspecified atom stereocenters. The van der Waals surface area contributed by atoms with Crippen molar-refractivity contribution in [2.45, 2.75) is 350 Å². The van der Waals surface area contributed by atoms with Gasteiger partial charge in [0.25, 0.3) is 5.60 Å². The Hall–Kier alpha value is -5.08. The molecule has 0 aromatic heterocycles. The zero-order valence-corrected chi connectivity index (χ0v) is 68.9. The normalized spacial score (nSPS) is 35.1. The van der Waals surface area contributed by atoms with E-state index in [1.54, 1.807) is 20.8 Å². The highest BCUT2D eigenvalue weighted by Gasteiger charge is 2.76. The molecule has 0 saturated heterocycles. The van der Waals surface area contributed by atoms with E-state index in [4.69, 9.17) is 23.7 Å². The van der Waals surface area contributed by atoms with Crippen LogP contribution in [0.25, 0.3) is 0 Å². The molecule has 0 aromatic rings. The number of alkyl halides is 18. The highest BCUT2D eigenvalue weighted by atomic mass is 19.4. The van der Waals surface area contributed by atoms with Crippen molar-refractivity contribution in [2.75, 3.05) is 0 Å². The minimum Gasteiger partial charge on any atom is -0.498 e. The summed E-state index contributed by atoms with van der Waals surface area (Å²) < 4.78 is 266. The van der Waals surface area contributed by atoms with E-state index in [2.05, 4.69) is 32.9 Å². The van der Waals surface area contributed by atoms with Gasteiger partial charge in [-0.05, 0) is 273 Å². The number of carbonyl (C=O) groups excluding carboxylic acids is 4. The topological polar surface area (TPSA) is 216 Å². The maximum Gasteiger partial charge on any atom is 0.426 e. The monoisotopic (exact) mass is 1720 g/mol. The lowest BCUT2D eigenvalue weighted by molar-refractivity contribution is -0.393. The lowest BCUT2D eigenvalue weighted by atomic mass is 9.50. The van der Waals surface area contributed by atoms with E-state index < -0.39 is 131 Å². The summed E-state index contributed by atoms with van der Waals surface area (Å²) in [6, 6.07) is 0. The van der Waals surface area contributed by atoms with E-state index >= 15 is 0 Å². The van der Waals surface area contributed by atoms with Gasteiger partial charge in [0.1, 0.15) is 30.5 Å². The molecule has 0 heterocycles. The molecule has 0 aliphatic heterocycles. The molecule has 0 radical (unpaired) electrons. The van der Waals surface area contributed by atoms with Gasteiger partial charge in [0, 0.05) is 40.0 Å². The second-order valence-electron chi connectivity index (χ2n) is 36.6. The van der Waals surface area contributed by atoms with Gasteiger partial charge in [-0.1, -0.05) is 97.1 Å². The van der Waals surface area contributed by atoms with Crippen molar-refractivity contribution in [3.05, 3.63) is 61.4 Å². The molecule has 678 valence electrons. The molecule has 11 aliphatic carbocycles. The third kappa shape index (κ3) is 22.0. The molecule has 0 spiro atoms. The summed E-state index contributed by atoms with van der Waals surface area (Å²) >= 11 is 0. The van der Waals surface area contributed by atoms with Crippen LogP contribution in [-0.4, -0.2) is 145 Å². The average molecular weight is 1720 g/mol. The third-order valence-electron chi connectivity index (χ3n) is 28.9. The van der Waals surface area contributed by atoms with Crippen molar-refractivity contribution in [1.82, 2.24) is 0 Å². The van der Waals surface area contributed by atoms with E-state index in [0.29, 0.717) is 93.8 Å². The van der Waals surface area contributed by atoms with E-state index in [-0.39, 0.29) is 114 Å². The van der Waals surface area contributed by atoms with Gasteiger partial charge in [0.05, 0.1) is 6.26 Å². The lowest BCUT2D eigenvalue weighted by Crippen LogP contribution is -2.65.